The zero-order valence-corrected chi connectivity index (χ0v) is 18.0. The molecule has 1 saturated heterocycles. The lowest BCUT2D eigenvalue weighted by Crippen LogP contribution is -2.19. The van der Waals surface area contributed by atoms with E-state index in [9.17, 15) is 4.39 Å². The van der Waals surface area contributed by atoms with Crippen LogP contribution in [-0.2, 0) is 11.8 Å². The first kappa shape index (κ1) is 20.0. The number of benzene rings is 1. The molecule has 0 radical (unpaired) electrons. The zero-order valence-electron chi connectivity index (χ0n) is 17.2. The number of fused-ring (bicyclic) bond motifs is 1. The second-order valence-corrected chi connectivity index (χ2v) is 8.36. The molecule has 0 aliphatic carbocycles. The van der Waals surface area contributed by atoms with E-state index in [0.29, 0.717) is 33.9 Å². The molecule has 8 heteroatoms. The van der Waals surface area contributed by atoms with Gasteiger partial charge in [0.1, 0.15) is 17.0 Å². The third-order valence-electron chi connectivity index (χ3n) is 5.65. The summed E-state index contributed by atoms with van der Waals surface area (Å²) in [6.07, 6.45) is 7.04. The van der Waals surface area contributed by atoms with E-state index in [1.807, 2.05) is 32.4 Å². The van der Waals surface area contributed by atoms with Gasteiger partial charge in [-0.2, -0.15) is 5.10 Å². The van der Waals surface area contributed by atoms with Crippen LogP contribution in [0.3, 0.4) is 0 Å². The van der Waals surface area contributed by atoms with Gasteiger partial charge in [-0.15, -0.1) is 0 Å². The van der Waals surface area contributed by atoms with E-state index in [0.717, 1.165) is 29.8 Å². The Morgan fingerprint density at radius 2 is 2.06 bits per heavy atom. The summed E-state index contributed by atoms with van der Waals surface area (Å²) in [5.74, 6) is -0.277. The summed E-state index contributed by atoms with van der Waals surface area (Å²) in [7, 11) is 1.89. The molecule has 0 saturated carbocycles. The maximum atomic E-state index is 14.8. The summed E-state index contributed by atoms with van der Waals surface area (Å²) in [5.41, 5.74) is 4.85. The van der Waals surface area contributed by atoms with E-state index < -0.39 is 5.82 Å². The summed E-state index contributed by atoms with van der Waals surface area (Å²) in [4.78, 5) is 14.0. The van der Waals surface area contributed by atoms with Crippen molar-refractivity contribution in [1.29, 1.82) is 0 Å². The number of hydrogen-bond donors (Lipinski definition) is 0. The zero-order chi connectivity index (χ0) is 21.5. The van der Waals surface area contributed by atoms with Crippen molar-refractivity contribution in [1.82, 2.24) is 24.7 Å². The molecule has 1 aliphatic rings. The van der Waals surface area contributed by atoms with Crippen LogP contribution in [0.5, 0.6) is 0 Å². The van der Waals surface area contributed by atoms with Crippen molar-refractivity contribution >= 4 is 22.6 Å². The van der Waals surface area contributed by atoms with E-state index in [1.165, 1.54) is 6.07 Å². The van der Waals surface area contributed by atoms with Gasteiger partial charge in [-0.25, -0.2) is 14.4 Å². The van der Waals surface area contributed by atoms with Gasteiger partial charge in [-0.1, -0.05) is 11.6 Å². The molecule has 0 amide bonds. The molecule has 5 rings (SSSR count). The van der Waals surface area contributed by atoms with Crippen LogP contribution in [0, 0.1) is 12.7 Å². The summed E-state index contributed by atoms with van der Waals surface area (Å²) in [5, 5.41) is 4.60. The van der Waals surface area contributed by atoms with Crippen molar-refractivity contribution in [3.63, 3.8) is 0 Å². The van der Waals surface area contributed by atoms with E-state index >= 15 is 0 Å². The fraction of sp³-hybridized carbons (Fsp3) is 0.304. The second kappa shape index (κ2) is 7.98. The van der Waals surface area contributed by atoms with Crippen LogP contribution in [0.25, 0.3) is 22.3 Å². The smallest absolute Gasteiger partial charge is 0.134 e. The molecule has 1 fully saturated rings. The molecule has 0 spiro atoms. The lowest BCUT2D eigenvalue weighted by Gasteiger charge is -2.29. The van der Waals surface area contributed by atoms with Crippen LogP contribution in [-0.4, -0.2) is 31.3 Å². The Bertz CT molecular complexity index is 1270. The first-order chi connectivity index (χ1) is 15.0. The first-order valence-electron chi connectivity index (χ1n) is 10.2. The van der Waals surface area contributed by atoms with E-state index in [1.54, 1.807) is 23.0 Å². The second-order valence-electron chi connectivity index (χ2n) is 7.93. The SMILES string of the molecule is Cc1cnc2c(-c3ccc(Cl)cc3F)nc([C@H]3CCO[C@H](c4cnn(C)c4)C3)cc2n1. The van der Waals surface area contributed by atoms with Gasteiger partial charge in [0.25, 0.3) is 0 Å². The highest BCUT2D eigenvalue weighted by atomic mass is 35.5. The van der Waals surface area contributed by atoms with Gasteiger partial charge in [0.2, 0.25) is 0 Å². The van der Waals surface area contributed by atoms with Crippen LogP contribution in [0.1, 0.15) is 41.8 Å². The number of rotatable bonds is 3. The standard InChI is InChI=1S/C23H21ClFN5O/c1-13-10-26-23-20(28-13)9-19(29-22(23)17-4-3-16(24)8-18(17)25)14-5-6-31-21(7-14)15-11-27-30(2)12-15/h3-4,8-12,14,21H,5-7H2,1-2H3/t14-,21-/m0/s1. The van der Waals surface area contributed by atoms with Gasteiger partial charge in [-0.05, 0) is 44.0 Å². The molecule has 1 aliphatic heterocycles. The van der Waals surface area contributed by atoms with Gasteiger partial charge in [0, 0.05) is 53.8 Å². The fourth-order valence-electron chi connectivity index (χ4n) is 4.12. The van der Waals surface area contributed by atoms with Crippen LogP contribution >= 0.6 is 11.6 Å². The molecule has 6 nitrogen and oxygen atoms in total. The highest BCUT2D eigenvalue weighted by Gasteiger charge is 2.28. The monoisotopic (exact) mass is 437 g/mol. The molecule has 158 valence electrons. The average Bonchev–Trinajstić information content (AvgIpc) is 3.19. The van der Waals surface area contributed by atoms with Crippen molar-refractivity contribution in [2.75, 3.05) is 6.61 Å². The number of pyridine rings is 1. The molecule has 31 heavy (non-hydrogen) atoms. The minimum absolute atomic E-state index is 0.0516. The summed E-state index contributed by atoms with van der Waals surface area (Å²) >= 11 is 5.96. The Labute approximate surface area is 184 Å². The van der Waals surface area contributed by atoms with Crippen molar-refractivity contribution < 1.29 is 9.13 Å². The first-order valence-corrected chi connectivity index (χ1v) is 10.6. The Morgan fingerprint density at radius 1 is 1.19 bits per heavy atom. The highest BCUT2D eigenvalue weighted by Crippen LogP contribution is 2.39. The van der Waals surface area contributed by atoms with Gasteiger partial charge < -0.3 is 4.74 Å². The molecular weight excluding hydrogens is 417 g/mol. The van der Waals surface area contributed by atoms with Crippen LogP contribution in [0.4, 0.5) is 4.39 Å². The number of ether oxygens (including phenoxy) is 1. The number of aromatic nitrogens is 5. The predicted octanol–water partition coefficient (Wildman–Crippen LogP) is 5.16. The van der Waals surface area contributed by atoms with E-state index in [-0.39, 0.29) is 12.0 Å². The van der Waals surface area contributed by atoms with Crippen molar-refractivity contribution in [2.24, 2.45) is 7.05 Å². The molecule has 0 bridgehead atoms. The summed E-state index contributed by atoms with van der Waals surface area (Å²) < 4.78 is 22.6. The largest absolute Gasteiger partial charge is 0.373 e. The quantitative estimate of drug-likeness (QED) is 0.443. The van der Waals surface area contributed by atoms with Gasteiger partial charge in [-0.3, -0.25) is 9.67 Å². The predicted molar refractivity (Wildman–Crippen MR) is 116 cm³/mol. The molecule has 0 N–H and O–H groups in total. The number of aryl methyl sites for hydroxylation is 2. The van der Waals surface area contributed by atoms with Crippen molar-refractivity contribution in [2.45, 2.75) is 31.8 Å². The van der Waals surface area contributed by atoms with Crippen LogP contribution in [0.2, 0.25) is 5.02 Å². The Morgan fingerprint density at radius 3 is 2.84 bits per heavy atom. The summed E-state index contributed by atoms with van der Waals surface area (Å²) in [6.45, 7) is 2.51. The highest BCUT2D eigenvalue weighted by molar-refractivity contribution is 6.30. The Kier molecular flexibility index (Phi) is 5.16. The van der Waals surface area contributed by atoms with E-state index in [2.05, 4.69) is 15.1 Å². The van der Waals surface area contributed by atoms with E-state index in [4.69, 9.17) is 21.3 Å². The van der Waals surface area contributed by atoms with Crippen LogP contribution < -0.4 is 0 Å². The molecular formula is C23H21ClFN5O. The number of hydrogen-bond acceptors (Lipinski definition) is 5. The maximum absolute atomic E-state index is 14.8. The Hall–Kier alpha value is -2.90. The lowest BCUT2D eigenvalue weighted by atomic mass is 9.89. The molecule has 1 aromatic carbocycles. The Balaban J connectivity index is 1.60. The van der Waals surface area contributed by atoms with Gasteiger partial charge in [0.15, 0.2) is 0 Å². The molecule has 2 atom stereocenters. The molecule has 4 aromatic rings. The topological polar surface area (TPSA) is 65.7 Å². The molecule has 0 unspecified atom stereocenters. The fourth-order valence-corrected chi connectivity index (χ4v) is 4.27. The van der Waals surface area contributed by atoms with Crippen molar-refractivity contribution in [3.8, 4) is 11.3 Å². The van der Waals surface area contributed by atoms with Crippen molar-refractivity contribution in [3.05, 3.63) is 70.6 Å². The minimum Gasteiger partial charge on any atom is -0.373 e. The van der Waals surface area contributed by atoms with Gasteiger partial charge in [0.05, 0.1) is 23.5 Å². The third kappa shape index (κ3) is 3.91. The number of halogens is 2. The molecule has 3 aromatic heterocycles. The van der Waals surface area contributed by atoms with Gasteiger partial charge >= 0.3 is 0 Å². The average molecular weight is 438 g/mol. The lowest BCUT2D eigenvalue weighted by molar-refractivity contribution is 0.00464. The summed E-state index contributed by atoms with van der Waals surface area (Å²) in [6, 6.07) is 6.58. The number of nitrogens with zero attached hydrogens (tertiary/aromatic N) is 5. The maximum Gasteiger partial charge on any atom is 0.134 e. The minimum atomic E-state index is -0.430. The van der Waals surface area contributed by atoms with Crippen LogP contribution in [0.15, 0.2) is 42.9 Å². The molecule has 4 heterocycles. The normalized spacial score (nSPS) is 19.1. The third-order valence-corrected chi connectivity index (χ3v) is 5.89.